The highest BCUT2D eigenvalue weighted by Crippen LogP contribution is 2.23. The van der Waals surface area contributed by atoms with Crippen LogP contribution in [0.2, 0.25) is 0 Å². The quantitative estimate of drug-likeness (QED) is 0.792. The van der Waals surface area contributed by atoms with Crippen molar-refractivity contribution >= 4 is 16.6 Å². The van der Waals surface area contributed by atoms with Gasteiger partial charge in [0.2, 0.25) is 0 Å². The van der Waals surface area contributed by atoms with Gasteiger partial charge in [-0.2, -0.15) is 5.10 Å². The number of hydrogen-bond acceptors (Lipinski definition) is 3. The average molecular weight is 270 g/mol. The number of rotatable bonds is 4. The lowest BCUT2D eigenvalue weighted by molar-refractivity contribution is 0.561. The van der Waals surface area contributed by atoms with E-state index in [1.807, 2.05) is 29.1 Å². The lowest BCUT2D eigenvalue weighted by Gasteiger charge is -2.16. The van der Waals surface area contributed by atoms with Crippen molar-refractivity contribution in [1.29, 1.82) is 0 Å². The van der Waals surface area contributed by atoms with Gasteiger partial charge in [-0.15, -0.1) is 0 Å². The molecule has 0 unspecified atom stereocenters. The second kappa shape index (κ2) is 5.28. The fourth-order valence-corrected chi connectivity index (χ4v) is 2.27. The van der Waals surface area contributed by atoms with E-state index in [4.69, 9.17) is 0 Å². The van der Waals surface area contributed by atoms with Crippen LogP contribution in [0.1, 0.15) is 6.92 Å². The second-order valence-electron chi connectivity index (χ2n) is 4.77. The number of fused-ring (bicyclic) bond motifs is 1. The van der Waals surface area contributed by atoms with Crippen LogP contribution in [0.4, 0.5) is 10.1 Å². The molecule has 0 aliphatic rings. The molecule has 0 amide bonds. The Hall–Kier alpha value is -2.43. The Balaban J connectivity index is 1.85. The average Bonchev–Trinajstić information content (AvgIpc) is 2.93. The maximum absolute atomic E-state index is 13.7. The number of benzene rings is 1. The van der Waals surface area contributed by atoms with E-state index >= 15 is 0 Å². The topological polar surface area (TPSA) is 42.7 Å². The second-order valence-corrected chi connectivity index (χ2v) is 4.77. The molecule has 5 heteroatoms. The van der Waals surface area contributed by atoms with Crippen LogP contribution in [0.3, 0.4) is 0 Å². The summed E-state index contributed by atoms with van der Waals surface area (Å²) in [5.41, 5.74) is 1.28. The number of halogens is 1. The van der Waals surface area contributed by atoms with E-state index in [1.165, 1.54) is 6.07 Å². The van der Waals surface area contributed by atoms with Gasteiger partial charge in [-0.25, -0.2) is 4.39 Å². The number of pyridine rings is 1. The van der Waals surface area contributed by atoms with E-state index in [2.05, 4.69) is 22.3 Å². The van der Waals surface area contributed by atoms with Crippen LogP contribution in [0.5, 0.6) is 0 Å². The standard InChI is InChI=1S/C15H15FN4/c1-11(10-20-9-3-7-18-20)19-14-6-8-17-15-12(14)4-2-5-13(15)16/h2-9,11H,10H2,1H3,(H,17,19)/t11-/m0/s1. The molecule has 0 bridgehead atoms. The Morgan fingerprint density at radius 2 is 2.15 bits per heavy atom. The van der Waals surface area contributed by atoms with Gasteiger partial charge in [0.05, 0.1) is 6.54 Å². The summed E-state index contributed by atoms with van der Waals surface area (Å²) in [5, 5.41) is 8.35. The van der Waals surface area contributed by atoms with E-state index in [0.29, 0.717) is 5.52 Å². The molecule has 2 aromatic heterocycles. The van der Waals surface area contributed by atoms with E-state index in [0.717, 1.165) is 17.6 Å². The summed E-state index contributed by atoms with van der Waals surface area (Å²) in [6.45, 7) is 2.80. The molecule has 0 aliphatic carbocycles. The van der Waals surface area contributed by atoms with Crippen LogP contribution < -0.4 is 5.32 Å². The number of hydrogen-bond donors (Lipinski definition) is 1. The van der Waals surface area contributed by atoms with E-state index in [9.17, 15) is 4.39 Å². The van der Waals surface area contributed by atoms with Crippen LogP contribution in [0.25, 0.3) is 10.9 Å². The highest BCUT2D eigenvalue weighted by molar-refractivity contribution is 5.91. The number of nitrogens with zero attached hydrogens (tertiary/aromatic N) is 3. The molecule has 3 aromatic rings. The van der Waals surface area contributed by atoms with Gasteiger partial charge < -0.3 is 5.32 Å². The smallest absolute Gasteiger partial charge is 0.149 e. The molecular weight excluding hydrogens is 255 g/mol. The van der Waals surface area contributed by atoms with Crippen LogP contribution in [0, 0.1) is 5.82 Å². The lowest BCUT2D eigenvalue weighted by atomic mass is 10.1. The first-order chi connectivity index (χ1) is 9.74. The summed E-state index contributed by atoms with van der Waals surface area (Å²) in [6.07, 6.45) is 5.29. The first kappa shape index (κ1) is 12.6. The summed E-state index contributed by atoms with van der Waals surface area (Å²) < 4.78 is 15.6. The Morgan fingerprint density at radius 3 is 2.95 bits per heavy atom. The van der Waals surface area contributed by atoms with Crippen molar-refractivity contribution in [1.82, 2.24) is 14.8 Å². The molecule has 4 nitrogen and oxygen atoms in total. The molecule has 20 heavy (non-hydrogen) atoms. The molecule has 0 fully saturated rings. The Morgan fingerprint density at radius 1 is 1.25 bits per heavy atom. The SMILES string of the molecule is C[C@@H](Cn1cccn1)Nc1ccnc2c(F)cccc12. The summed E-state index contributed by atoms with van der Waals surface area (Å²) >= 11 is 0. The van der Waals surface area contributed by atoms with Crippen molar-refractivity contribution in [2.75, 3.05) is 5.32 Å². The summed E-state index contributed by atoms with van der Waals surface area (Å²) in [7, 11) is 0. The molecule has 0 spiro atoms. The van der Waals surface area contributed by atoms with Gasteiger partial charge in [-0.05, 0) is 25.1 Å². The molecule has 2 heterocycles. The molecule has 3 rings (SSSR count). The highest BCUT2D eigenvalue weighted by Gasteiger charge is 2.09. The number of para-hydroxylation sites is 1. The summed E-state index contributed by atoms with van der Waals surface area (Å²) in [5.74, 6) is -0.300. The molecule has 0 aliphatic heterocycles. The number of anilines is 1. The van der Waals surface area contributed by atoms with Crippen LogP contribution in [-0.2, 0) is 6.54 Å². The maximum Gasteiger partial charge on any atom is 0.149 e. The molecule has 1 N–H and O–H groups in total. The predicted octanol–water partition coefficient (Wildman–Crippen LogP) is 3.07. The molecule has 1 atom stereocenters. The third-order valence-corrected chi connectivity index (χ3v) is 3.14. The zero-order valence-electron chi connectivity index (χ0n) is 11.1. The molecule has 0 saturated carbocycles. The molecule has 0 saturated heterocycles. The minimum Gasteiger partial charge on any atom is -0.380 e. The van der Waals surface area contributed by atoms with Crippen LogP contribution in [0.15, 0.2) is 48.9 Å². The Kier molecular flexibility index (Phi) is 3.33. The van der Waals surface area contributed by atoms with E-state index in [1.54, 1.807) is 18.5 Å². The van der Waals surface area contributed by atoms with Crippen molar-refractivity contribution in [3.05, 3.63) is 54.7 Å². The predicted molar refractivity (Wildman–Crippen MR) is 77.0 cm³/mol. The first-order valence-corrected chi connectivity index (χ1v) is 6.51. The van der Waals surface area contributed by atoms with Gasteiger partial charge in [-0.3, -0.25) is 9.67 Å². The zero-order chi connectivity index (χ0) is 13.9. The van der Waals surface area contributed by atoms with Crippen molar-refractivity contribution in [2.45, 2.75) is 19.5 Å². The molecule has 1 aromatic carbocycles. The minimum atomic E-state index is -0.300. The Bertz CT molecular complexity index is 709. The fourth-order valence-electron chi connectivity index (χ4n) is 2.27. The van der Waals surface area contributed by atoms with E-state index in [-0.39, 0.29) is 11.9 Å². The molecule has 0 radical (unpaired) electrons. The molecule has 102 valence electrons. The van der Waals surface area contributed by atoms with Crippen molar-refractivity contribution in [3.63, 3.8) is 0 Å². The van der Waals surface area contributed by atoms with E-state index < -0.39 is 0 Å². The fraction of sp³-hybridized carbons (Fsp3) is 0.200. The van der Waals surface area contributed by atoms with Crippen LogP contribution >= 0.6 is 0 Å². The van der Waals surface area contributed by atoms with Crippen molar-refractivity contribution in [2.24, 2.45) is 0 Å². The van der Waals surface area contributed by atoms with Crippen molar-refractivity contribution in [3.8, 4) is 0 Å². The van der Waals surface area contributed by atoms with Gasteiger partial charge in [0.25, 0.3) is 0 Å². The van der Waals surface area contributed by atoms with Gasteiger partial charge in [-0.1, -0.05) is 12.1 Å². The summed E-state index contributed by atoms with van der Waals surface area (Å²) in [6, 6.07) is 8.91. The number of nitrogens with one attached hydrogen (secondary N) is 1. The summed E-state index contributed by atoms with van der Waals surface area (Å²) in [4.78, 5) is 4.09. The Labute approximate surface area is 116 Å². The number of aromatic nitrogens is 3. The zero-order valence-corrected chi connectivity index (χ0v) is 11.1. The minimum absolute atomic E-state index is 0.170. The van der Waals surface area contributed by atoms with Crippen molar-refractivity contribution < 1.29 is 4.39 Å². The first-order valence-electron chi connectivity index (χ1n) is 6.51. The van der Waals surface area contributed by atoms with Gasteiger partial charge in [0.1, 0.15) is 11.3 Å². The maximum atomic E-state index is 13.7. The van der Waals surface area contributed by atoms with Gasteiger partial charge >= 0.3 is 0 Å². The normalized spacial score (nSPS) is 12.5. The largest absolute Gasteiger partial charge is 0.380 e. The highest BCUT2D eigenvalue weighted by atomic mass is 19.1. The third kappa shape index (κ3) is 2.47. The third-order valence-electron chi connectivity index (χ3n) is 3.14. The van der Waals surface area contributed by atoms with Gasteiger partial charge in [0, 0.05) is 35.7 Å². The molecular formula is C15H15FN4. The van der Waals surface area contributed by atoms with Crippen LogP contribution in [-0.4, -0.2) is 20.8 Å². The van der Waals surface area contributed by atoms with Gasteiger partial charge in [0.15, 0.2) is 0 Å². The lowest BCUT2D eigenvalue weighted by Crippen LogP contribution is -2.22. The monoisotopic (exact) mass is 270 g/mol.